The molecular formula is C38H44N6O3. The second-order valence-corrected chi connectivity index (χ2v) is 11.4. The van der Waals surface area contributed by atoms with E-state index in [1.807, 2.05) is 35.4 Å². The Hall–Kier alpha value is -5.33. The normalized spacial score (nSPS) is 12.0. The molecule has 1 aliphatic heterocycles. The molecule has 0 unspecified atom stereocenters. The summed E-state index contributed by atoms with van der Waals surface area (Å²) in [6, 6.07) is 18.0. The first kappa shape index (κ1) is 33.0. The number of amides is 2. The van der Waals surface area contributed by atoms with Gasteiger partial charge in [0, 0.05) is 83.8 Å². The van der Waals surface area contributed by atoms with Crippen molar-refractivity contribution in [3.05, 3.63) is 101 Å². The number of nitrogens with zero attached hydrogens (tertiary/aromatic N) is 5. The Bertz CT molecular complexity index is 2000. The van der Waals surface area contributed by atoms with E-state index in [1.165, 1.54) is 11.1 Å². The van der Waals surface area contributed by atoms with Crippen molar-refractivity contribution in [2.24, 2.45) is 0 Å². The highest BCUT2D eigenvalue weighted by Crippen LogP contribution is 2.34. The number of aliphatic hydroxyl groups is 1. The van der Waals surface area contributed by atoms with Gasteiger partial charge in [0.1, 0.15) is 11.5 Å². The third-order valence-electron chi connectivity index (χ3n) is 8.43. The number of aryl methyl sites for hydroxylation is 3. The van der Waals surface area contributed by atoms with Crippen molar-refractivity contribution in [3.63, 3.8) is 0 Å². The highest BCUT2D eigenvalue weighted by Gasteiger charge is 2.26. The van der Waals surface area contributed by atoms with Gasteiger partial charge in [0.15, 0.2) is 0 Å². The van der Waals surface area contributed by atoms with E-state index in [0.29, 0.717) is 31.7 Å². The monoisotopic (exact) mass is 632 g/mol. The summed E-state index contributed by atoms with van der Waals surface area (Å²) in [5.41, 5.74) is 8.36. The van der Waals surface area contributed by atoms with Crippen LogP contribution in [0.15, 0.2) is 67.0 Å². The molecule has 4 heterocycles. The quantitative estimate of drug-likeness (QED) is 0.176. The molecule has 0 atom stereocenters. The van der Waals surface area contributed by atoms with E-state index in [9.17, 15) is 9.59 Å². The van der Waals surface area contributed by atoms with Crippen LogP contribution in [0, 0.1) is 25.7 Å². The van der Waals surface area contributed by atoms with Crippen molar-refractivity contribution in [2.75, 3.05) is 20.2 Å². The lowest BCUT2D eigenvalue weighted by atomic mass is 10.0. The van der Waals surface area contributed by atoms with Crippen molar-refractivity contribution in [1.82, 2.24) is 29.7 Å². The number of aliphatic hydroxyl groups excluding tert-OH is 1. The first-order valence-electron chi connectivity index (χ1n) is 15.8. The van der Waals surface area contributed by atoms with Crippen molar-refractivity contribution >= 4 is 22.6 Å². The predicted octanol–water partition coefficient (Wildman–Crippen LogP) is 5.97. The second-order valence-electron chi connectivity index (χ2n) is 11.4. The fourth-order valence-electron chi connectivity index (χ4n) is 5.73. The molecule has 47 heavy (non-hydrogen) atoms. The van der Waals surface area contributed by atoms with Crippen LogP contribution < -0.4 is 5.32 Å². The fourth-order valence-corrected chi connectivity index (χ4v) is 5.73. The molecule has 2 aromatic carbocycles. The number of carbonyl (C=O) groups is 2. The Morgan fingerprint density at radius 2 is 1.83 bits per heavy atom. The highest BCUT2D eigenvalue weighted by atomic mass is 16.2. The third kappa shape index (κ3) is 7.24. The SMILES string of the molecule is CCc1nc(-c2cccc3cc(-c4ccc(C(=O)NCCC#Cc5ccc(C)c(C)c5)nc4)ncc23)c2n1CCN(C(C)=O)C2.CO.[HH].[HH]. The standard InChI is InChI=1S/C37H36N6O2.CH4O.2H2/c1-5-35-41-36(34-23-42(26(4)44)17-18-43(34)35)30-11-8-10-28-20-33(40-22-31(28)30)29-14-15-32(39-21-29)37(45)38-16-7-6-9-27-13-12-24(2)25(3)19-27;1-2;;/h8,10-15,19-22H,5,7,16-18,23H2,1-4H3,(H,38,45);2H,1H3;2*1H. The summed E-state index contributed by atoms with van der Waals surface area (Å²) < 4.78 is 2.26. The smallest absolute Gasteiger partial charge is 0.269 e. The summed E-state index contributed by atoms with van der Waals surface area (Å²) in [5, 5.41) is 11.9. The zero-order chi connectivity index (χ0) is 33.5. The van der Waals surface area contributed by atoms with Gasteiger partial charge < -0.3 is 19.9 Å². The maximum Gasteiger partial charge on any atom is 0.269 e. The number of aromatic nitrogens is 4. The van der Waals surface area contributed by atoms with Crippen molar-refractivity contribution in [1.29, 1.82) is 0 Å². The first-order chi connectivity index (χ1) is 22.8. The number of benzene rings is 2. The summed E-state index contributed by atoms with van der Waals surface area (Å²) in [5.74, 6) is 7.16. The molecule has 6 rings (SSSR count). The van der Waals surface area contributed by atoms with Crippen LogP contribution in [0.1, 0.15) is 61.8 Å². The lowest BCUT2D eigenvalue weighted by molar-refractivity contribution is -0.130. The number of hydrogen-bond acceptors (Lipinski definition) is 6. The molecule has 9 heteroatoms. The molecule has 0 aliphatic carbocycles. The zero-order valence-corrected chi connectivity index (χ0v) is 27.6. The minimum atomic E-state index is -0.233. The third-order valence-corrected chi connectivity index (χ3v) is 8.43. The number of imidazole rings is 1. The van der Waals surface area contributed by atoms with E-state index in [2.05, 4.69) is 71.7 Å². The average Bonchev–Trinajstić information content (AvgIpc) is 3.48. The van der Waals surface area contributed by atoms with Gasteiger partial charge in [-0.3, -0.25) is 19.6 Å². The molecule has 5 aromatic rings. The van der Waals surface area contributed by atoms with Crippen LogP contribution in [0.3, 0.4) is 0 Å². The van der Waals surface area contributed by atoms with Gasteiger partial charge in [0.2, 0.25) is 5.91 Å². The number of carbonyl (C=O) groups excluding carboxylic acids is 2. The molecule has 9 nitrogen and oxygen atoms in total. The number of nitrogens with one attached hydrogen (secondary N) is 1. The average molecular weight is 633 g/mol. The Morgan fingerprint density at radius 1 is 1.00 bits per heavy atom. The molecule has 2 N–H and O–H groups in total. The molecule has 1 aliphatic rings. The van der Waals surface area contributed by atoms with Crippen LogP contribution >= 0.6 is 0 Å². The van der Waals surface area contributed by atoms with E-state index in [0.717, 1.165) is 70.4 Å². The van der Waals surface area contributed by atoms with Gasteiger partial charge in [-0.05, 0) is 60.7 Å². The van der Waals surface area contributed by atoms with Gasteiger partial charge in [-0.2, -0.15) is 0 Å². The lowest BCUT2D eigenvalue weighted by Crippen LogP contribution is -2.37. The van der Waals surface area contributed by atoms with Gasteiger partial charge in [-0.25, -0.2) is 4.98 Å². The minimum Gasteiger partial charge on any atom is -0.400 e. The van der Waals surface area contributed by atoms with Crippen molar-refractivity contribution in [2.45, 2.75) is 53.6 Å². The molecule has 0 saturated heterocycles. The summed E-state index contributed by atoms with van der Waals surface area (Å²) in [6.07, 6.45) is 4.93. The fraction of sp³-hybridized carbons (Fsp3) is 0.289. The molecule has 0 radical (unpaired) electrons. The van der Waals surface area contributed by atoms with Crippen LogP contribution in [0.2, 0.25) is 0 Å². The summed E-state index contributed by atoms with van der Waals surface area (Å²) in [4.78, 5) is 40.9. The van der Waals surface area contributed by atoms with Crippen LogP contribution in [0.5, 0.6) is 0 Å². The first-order valence-corrected chi connectivity index (χ1v) is 15.8. The molecule has 0 saturated carbocycles. The Balaban J connectivity index is 0.00000160. The van der Waals surface area contributed by atoms with Gasteiger partial charge in [0.25, 0.3) is 5.91 Å². The maximum absolute atomic E-state index is 12.7. The van der Waals surface area contributed by atoms with E-state index in [1.54, 1.807) is 19.2 Å². The molecule has 244 valence electrons. The maximum atomic E-state index is 12.7. The zero-order valence-electron chi connectivity index (χ0n) is 27.6. The predicted molar refractivity (Wildman–Crippen MR) is 189 cm³/mol. The molecule has 0 bridgehead atoms. The van der Waals surface area contributed by atoms with Gasteiger partial charge in [0.05, 0.1) is 23.6 Å². The van der Waals surface area contributed by atoms with Crippen LogP contribution in [0.4, 0.5) is 0 Å². The van der Waals surface area contributed by atoms with Crippen LogP contribution in [0.25, 0.3) is 33.3 Å². The lowest BCUT2D eigenvalue weighted by Gasteiger charge is -2.28. The summed E-state index contributed by atoms with van der Waals surface area (Å²) >= 11 is 0. The Morgan fingerprint density at radius 3 is 2.55 bits per heavy atom. The van der Waals surface area contributed by atoms with Crippen molar-refractivity contribution in [3.8, 4) is 34.4 Å². The summed E-state index contributed by atoms with van der Waals surface area (Å²) in [7, 11) is 1.00. The van der Waals surface area contributed by atoms with Gasteiger partial charge in [-0.15, -0.1) is 0 Å². The molecule has 0 fully saturated rings. The van der Waals surface area contributed by atoms with E-state index >= 15 is 0 Å². The van der Waals surface area contributed by atoms with Crippen LogP contribution in [-0.4, -0.2) is 61.5 Å². The number of fused-ring (bicyclic) bond motifs is 2. The Labute approximate surface area is 278 Å². The summed E-state index contributed by atoms with van der Waals surface area (Å²) in [6.45, 7) is 10.3. The van der Waals surface area contributed by atoms with E-state index in [4.69, 9.17) is 15.1 Å². The topological polar surface area (TPSA) is 113 Å². The molecule has 0 spiro atoms. The van der Waals surface area contributed by atoms with E-state index < -0.39 is 0 Å². The van der Waals surface area contributed by atoms with E-state index in [-0.39, 0.29) is 14.7 Å². The number of hydrogen-bond donors (Lipinski definition) is 2. The minimum absolute atomic E-state index is 0. The van der Waals surface area contributed by atoms with Gasteiger partial charge in [-0.1, -0.05) is 43.0 Å². The van der Waals surface area contributed by atoms with Crippen LogP contribution in [-0.2, 0) is 24.3 Å². The Kier molecular flexibility index (Phi) is 10.4. The molecule has 2 amide bonds. The highest BCUT2D eigenvalue weighted by molar-refractivity contribution is 5.97. The molecular weight excluding hydrogens is 588 g/mol. The number of rotatable bonds is 6. The van der Waals surface area contributed by atoms with Gasteiger partial charge >= 0.3 is 0 Å². The largest absolute Gasteiger partial charge is 0.400 e. The number of pyridine rings is 2. The molecule has 3 aromatic heterocycles. The second kappa shape index (κ2) is 14.8. The van der Waals surface area contributed by atoms with Crippen molar-refractivity contribution < 1.29 is 17.5 Å².